The van der Waals surface area contributed by atoms with E-state index in [4.69, 9.17) is 4.74 Å². The second-order valence-corrected chi connectivity index (χ2v) is 3.43. The number of ether oxygens (including phenoxy) is 1. The van der Waals surface area contributed by atoms with Crippen molar-refractivity contribution >= 4 is 5.97 Å². The number of carbonyl (C=O) groups excluding carboxylic acids is 1. The van der Waals surface area contributed by atoms with Crippen LogP contribution in [0.4, 0.5) is 0 Å². The molecule has 5 heteroatoms. The lowest BCUT2D eigenvalue weighted by molar-refractivity contribution is -0.161. The van der Waals surface area contributed by atoms with E-state index < -0.39 is 11.7 Å². The highest BCUT2D eigenvalue weighted by molar-refractivity contribution is 5.66. The van der Waals surface area contributed by atoms with Gasteiger partial charge in [-0.25, -0.2) is 0 Å². The minimum atomic E-state index is -1.10. The van der Waals surface area contributed by atoms with Crippen molar-refractivity contribution in [1.82, 2.24) is 4.90 Å². The second kappa shape index (κ2) is 3.83. The highest BCUT2D eigenvalue weighted by Gasteiger charge is 2.38. The molecule has 0 bridgehead atoms. The highest BCUT2D eigenvalue weighted by Crippen LogP contribution is 2.27. The van der Waals surface area contributed by atoms with E-state index in [-0.39, 0.29) is 0 Å². The van der Waals surface area contributed by atoms with Crippen LogP contribution in [0.25, 0.3) is 0 Å². The average molecular weight is 186 g/mol. The molecule has 1 aliphatic rings. The Morgan fingerprint density at radius 3 is 2.38 bits per heavy atom. The van der Waals surface area contributed by atoms with Gasteiger partial charge in [-0.2, -0.15) is 0 Å². The number of nitrogens with zero attached hydrogens (tertiary/aromatic N) is 2. The SMILES string of the molecule is CC(=O)OC1(N=O)CCN(C)CC1. The van der Waals surface area contributed by atoms with Crippen LogP contribution in [0.1, 0.15) is 19.8 Å². The van der Waals surface area contributed by atoms with Gasteiger partial charge in [-0.15, -0.1) is 4.91 Å². The first-order valence-electron chi connectivity index (χ1n) is 4.31. The standard InChI is InChI=1S/C8H14N2O3/c1-7(11)13-8(9-12)3-5-10(2)6-4-8/h3-6H2,1-2H3. The molecule has 0 atom stereocenters. The number of piperidine rings is 1. The zero-order valence-corrected chi connectivity index (χ0v) is 7.95. The summed E-state index contributed by atoms with van der Waals surface area (Å²) >= 11 is 0. The van der Waals surface area contributed by atoms with E-state index in [2.05, 4.69) is 10.1 Å². The zero-order chi connectivity index (χ0) is 9.90. The van der Waals surface area contributed by atoms with Gasteiger partial charge in [0.05, 0.1) is 0 Å². The molecule has 0 aliphatic carbocycles. The van der Waals surface area contributed by atoms with Crippen LogP contribution in [-0.2, 0) is 9.53 Å². The normalized spacial score (nSPS) is 22.3. The van der Waals surface area contributed by atoms with Crippen LogP contribution in [0, 0.1) is 4.91 Å². The Morgan fingerprint density at radius 2 is 2.00 bits per heavy atom. The van der Waals surface area contributed by atoms with Crippen LogP contribution in [0.15, 0.2) is 5.18 Å². The third kappa shape index (κ3) is 2.48. The number of rotatable bonds is 2. The van der Waals surface area contributed by atoms with Crippen molar-refractivity contribution in [1.29, 1.82) is 0 Å². The van der Waals surface area contributed by atoms with Gasteiger partial charge in [0.2, 0.25) is 5.72 Å². The van der Waals surface area contributed by atoms with Gasteiger partial charge in [0.15, 0.2) is 0 Å². The first-order chi connectivity index (χ1) is 6.08. The molecule has 0 spiro atoms. The number of esters is 1. The van der Waals surface area contributed by atoms with Gasteiger partial charge >= 0.3 is 5.97 Å². The minimum absolute atomic E-state index is 0.441. The maximum atomic E-state index is 10.7. The average Bonchev–Trinajstić information content (AvgIpc) is 2.09. The van der Waals surface area contributed by atoms with Crippen LogP contribution >= 0.6 is 0 Å². The van der Waals surface area contributed by atoms with Gasteiger partial charge in [-0.05, 0) is 12.2 Å². The first kappa shape index (κ1) is 10.1. The first-order valence-corrected chi connectivity index (χ1v) is 4.31. The van der Waals surface area contributed by atoms with E-state index >= 15 is 0 Å². The van der Waals surface area contributed by atoms with Crippen molar-refractivity contribution < 1.29 is 9.53 Å². The Kier molecular flexibility index (Phi) is 2.98. The lowest BCUT2D eigenvalue weighted by atomic mass is 10.0. The van der Waals surface area contributed by atoms with Crippen molar-refractivity contribution in [2.75, 3.05) is 20.1 Å². The Balaban J connectivity index is 2.60. The second-order valence-electron chi connectivity index (χ2n) is 3.43. The Morgan fingerprint density at radius 1 is 1.46 bits per heavy atom. The maximum absolute atomic E-state index is 10.7. The fraction of sp³-hybridized carbons (Fsp3) is 0.875. The lowest BCUT2D eigenvalue weighted by Crippen LogP contribution is -2.44. The monoisotopic (exact) mass is 186 g/mol. The Hall–Kier alpha value is -0.970. The summed E-state index contributed by atoms with van der Waals surface area (Å²) in [5.41, 5.74) is -1.10. The smallest absolute Gasteiger partial charge is 0.304 e. The third-order valence-corrected chi connectivity index (χ3v) is 2.27. The van der Waals surface area contributed by atoms with Gasteiger partial charge in [0, 0.05) is 32.9 Å². The van der Waals surface area contributed by atoms with E-state index in [0.29, 0.717) is 12.8 Å². The summed E-state index contributed by atoms with van der Waals surface area (Å²) in [6.45, 7) is 2.77. The molecule has 0 radical (unpaired) electrons. The van der Waals surface area contributed by atoms with Crippen LogP contribution in [0.3, 0.4) is 0 Å². The third-order valence-electron chi connectivity index (χ3n) is 2.27. The molecule has 0 saturated carbocycles. The molecule has 0 aromatic carbocycles. The number of likely N-dealkylation sites (tertiary alicyclic amines) is 1. The van der Waals surface area contributed by atoms with Crippen LogP contribution in [0.2, 0.25) is 0 Å². The molecule has 5 nitrogen and oxygen atoms in total. The lowest BCUT2D eigenvalue weighted by Gasteiger charge is -2.33. The molecule has 0 N–H and O–H groups in total. The van der Waals surface area contributed by atoms with Gasteiger partial charge < -0.3 is 9.64 Å². The summed E-state index contributed by atoms with van der Waals surface area (Å²) in [5.74, 6) is -0.441. The number of hydrogen-bond acceptors (Lipinski definition) is 5. The van der Waals surface area contributed by atoms with Crippen LogP contribution in [0.5, 0.6) is 0 Å². The molecule has 1 saturated heterocycles. The minimum Gasteiger partial charge on any atom is -0.434 e. The van der Waals surface area contributed by atoms with Gasteiger partial charge in [-0.1, -0.05) is 0 Å². The van der Waals surface area contributed by atoms with E-state index in [1.165, 1.54) is 6.92 Å². The fourth-order valence-corrected chi connectivity index (χ4v) is 1.45. The summed E-state index contributed by atoms with van der Waals surface area (Å²) in [7, 11) is 1.96. The molecule has 0 amide bonds. The molecule has 74 valence electrons. The van der Waals surface area contributed by atoms with Crippen molar-refractivity contribution in [3.05, 3.63) is 4.91 Å². The topological polar surface area (TPSA) is 59.0 Å². The number of nitroso groups, excluding NO2 is 1. The molecule has 0 aromatic heterocycles. The summed E-state index contributed by atoms with van der Waals surface area (Å²) in [6, 6.07) is 0. The molecular formula is C8H14N2O3. The van der Waals surface area contributed by atoms with Gasteiger partial charge in [-0.3, -0.25) is 4.79 Å². The predicted octanol–water partition coefficient (Wildman–Crippen LogP) is 0.738. The Bertz CT molecular complexity index is 209. The summed E-state index contributed by atoms with van der Waals surface area (Å²) in [6.07, 6.45) is 0.985. The largest absolute Gasteiger partial charge is 0.434 e. The quantitative estimate of drug-likeness (QED) is 0.471. The van der Waals surface area contributed by atoms with E-state index in [1.807, 2.05) is 7.05 Å². The molecule has 0 aromatic rings. The number of hydrogen-bond donors (Lipinski definition) is 0. The molecule has 1 aliphatic heterocycles. The zero-order valence-electron chi connectivity index (χ0n) is 7.95. The fourth-order valence-electron chi connectivity index (χ4n) is 1.45. The molecular weight excluding hydrogens is 172 g/mol. The molecule has 0 unspecified atom stereocenters. The van der Waals surface area contributed by atoms with Crippen molar-refractivity contribution in [3.8, 4) is 0 Å². The van der Waals surface area contributed by atoms with Crippen LogP contribution < -0.4 is 0 Å². The maximum Gasteiger partial charge on any atom is 0.304 e. The van der Waals surface area contributed by atoms with Crippen molar-refractivity contribution in [2.24, 2.45) is 5.18 Å². The molecule has 1 fully saturated rings. The van der Waals surface area contributed by atoms with E-state index in [9.17, 15) is 9.70 Å². The van der Waals surface area contributed by atoms with Crippen molar-refractivity contribution in [2.45, 2.75) is 25.5 Å². The molecule has 1 rings (SSSR count). The molecule has 13 heavy (non-hydrogen) atoms. The van der Waals surface area contributed by atoms with Gasteiger partial charge in [0.1, 0.15) is 0 Å². The summed E-state index contributed by atoms with van der Waals surface area (Å²) in [5, 5.41) is 2.93. The van der Waals surface area contributed by atoms with Crippen LogP contribution in [-0.4, -0.2) is 36.7 Å². The summed E-state index contributed by atoms with van der Waals surface area (Å²) in [4.78, 5) is 23.4. The van der Waals surface area contributed by atoms with Gasteiger partial charge in [0.25, 0.3) is 0 Å². The van der Waals surface area contributed by atoms with E-state index in [0.717, 1.165) is 13.1 Å². The van der Waals surface area contributed by atoms with Crippen molar-refractivity contribution in [3.63, 3.8) is 0 Å². The molecule has 1 heterocycles. The summed E-state index contributed by atoms with van der Waals surface area (Å²) < 4.78 is 4.93. The highest BCUT2D eigenvalue weighted by atomic mass is 16.6. The number of carbonyl (C=O) groups is 1. The predicted molar refractivity (Wildman–Crippen MR) is 47.0 cm³/mol. The van der Waals surface area contributed by atoms with E-state index in [1.54, 1.807) is 0 Å². The Labute approximate surface area is 77.0 Å².